The van der Waals surface area contributed by atoms with Crippen molar-refractivity contribution in [1.82, 2.24) is 5.32 Å². The molecule has 2 aromatic rings. The van der Waals surface area contributed by atoms with Crippen LogP contribution < -0.4 is 16.4 Å². The first-order valence-electron chi connectivity index (χ1n) is 8.27. The van der Waals surface area contributed by atoms with Gasteiger partial charge in [0.15, 0.2) is 0 Å². The van der Waals surface area contributed by atoms with Crippen LogP contribution in [-0.2, 0) is 11.2 Å². The molecule has 2 rings (SSSR count). The number of amides is 1. The van der Waals surface area contributed by atoms with Gasteiger partial charge in [0.25, 0.3) is 0 Å². The van der Waals surface area contributed by atoms with E-state index in [0.29, 0.717) is 6.42 Å². The molecule has 0 heterocycles. The molecule has 0 aliphatic carbocycles. The molecule has 1 atom stereocenters. The Morgan fingerprint density at radius 2 is 2.00 bits per heavy atom. The van der Waals surface area contributed by atoms with Crippen molar-refractivity contribution in [3.8, 4) is 0 Å². The summed E-state index contributed by atoms with van der Waals surface area (Å²) in [7, 11) is 0. The van der Waals surface area contributed by atoms with Crippen LogP contribution in [0, 0.1) is 6.92 Å². The van der Waals surface area contributed by atoms with Crippen LogP contribution >= 0.6 is 0 Å². The maximum Gasteiger partial charge on any atom is 0.243 e. The van der Waals surface area contributed by atoms with Gasteiger partial charge >= 0.3 is 0 Å². The van der Waals surface area contributed by atoms with Crippen molar-refractivity contribution >= 4 is 17.3 Å². The van der Waals surface area contributed by atoms with E-state index in [0.717, 1.165) is 22.5 Å². The summed E-state index contributed by atoms with van der Waals surface area (Å²) in [5.41, 5.74) is 11.2. The maximum atomic E-state index is 11.4. The Hall–Kier alpha value is -2.63. The highest BCUT2D eigenvalue weighted by Crippen LogP contribution is 2.29. The van der Waals surface area contributed by atoms with Crippen LogP contribution in [0.3, 0.4) is 0 Å². The van der Waals surface area contributed by atoms with Crippen LogP contribution in [0.4, 0.5) is 11.4 Å². The topological polar surface area (TPSA) is 87.4 Å². The van der Waals surface area contributed by atoms with E-state index in [1.165, 1.54) is 11.6 Å². The number of rotatable bonds is 8. The molecule has 5 N–H and O–H groups in total. The summed E-state index contributed by atoms with van der Waals surface area (Å²) < 4.78 is 0. The average Bonchev–Trinajstić information content (AvgIpc) is 2.62. The van der Waals surface area contributed by atoms with Crippen LogP contribution in [0.1, 0.15) is 22.7 Å². The van der Waals surface area contributed by atoms with Gasteiger partial charge in [0.05, 0.1) is 0 Å². The zero-order valence-corrected chi connectivity index (χ0v) is 14.5. The molecule has 0 aromatic heterocycles. The van der Waals surface area contributed by atoms with Crippen LogP contribution in [0.25, 0.3) is 0 Å². The second-order valence-electron chi connectivity index (χ2n) is 5.90. The molecule has 0 saturated heterocycles. The van der Waals surface area contributed by atoms with Gasteiger partial charge in [0.1, 0.15) is 0 Å². The second kappa shape index (κ2) is 9.01. The van der Waals surface area contributed by atoms with E-state index in [9.17, 15) is 9.90 Å². The van der Waals surface area contributed by atoms with Crippen molar-refractivity contribution in [2.24, 2.45) is 5.73 Å². The van der Waals surface area contributed by atoms with Gasteiger partial charge in [-0.2, -0.15) is 0 Å². The summed E-state index contributed by atoms with van der Waals surface area (Å²) in [6, 6.07) is 13.5. The number of carbonyl (C=O) groups excluding carboxylic acids is 1. The van der Waals surface area contributed by atoms with E-state index < -0.39 is 6.04 Å². The molecule has 0 aliphatic rings. The van der Waals surface area contributed by atoms with Crippen LogP contribution in [0.15, 0.2) is 55.1 Å². The van der Waals surface area contributed by atoms with Crippen molar-refractivity contribution in [1.29, 1.82) is 0 Å². The van der Waals surface area contributed by atoms with Crippen molar-refractivity contribution in [2.45, 2.75) is 19.4 Å². The van der Waals surface area contributed by atoms with Gasteiger partial charge < -0.3 is 21.5 Å². The predicted octanol–water partition coefficient (Wildman–Crippen LogP) is 2.58. The number of anilines is 2. The number of aryl methyl sites for hydroxylation is 1. The SMILES string of the molecule is C=CC(=O)NCC(N)c1c(CCO)cccc1Nc1ccc(C)cc1. The molecule has 0 spiro atoms. The lowest BCUT2D eigenvalue weighted by Crippen LogP contribution is -2.31. The van der Waals surface area contributed by atoms with Crippen molar-refractivity contribution in [3.05, 3.63) is 71.8 Å². The standard InChI is InChI=1S/C20H25N3O2/c1-3-19(25)22-13-17(21)20-15(11-12-24)5-4-6-18(20)23-16-9-7-14(2)8-10-16/h3-10,17,23-24H,1,11-13,21H2,2H3,(H,22,25). The normalized spacial score (nSPS) is 11.6. The maximum absolute atomic E-state index is 11.4. The highest BCUT2D eigenvalue weighted by Gasteiger charge is 2.16. The van der Waals surface area contributed by atoms with E-state index in [2.05, 4.69) is 17.2 Å². The number of hydrogen-bond donors (Lipinski definition) is 4. The van der Waals surface area contributed by atoms with Crippen LogP contribution in [0.2, 0.25) is 0 Å². The summed E-state index contributed by atoms with van der Waals surface area (Å²) in [6.45, 7) is 5.80. The minimum absolute atomic E-state index is 0.0344. The lowest BCUT2D eigenvalue weighted by atomic mass is 9.96. The van der Waals surface area contributed by atoms with E-state index in [1.54, 1.807) is 0 Å². The molecule has 0 bridgehead atoms. The highest BCUT2D eigenvalue weighted by molar-refractivity contribution is 5.86. The summed E-state index contributed by atoms with van der Waals surface area (Å²) >= 11 is 0. The molecule has 5 heteroatoms. The minimum Gasteiger partial charge on any atom is -0.396 e. The Morgan fingerprint density at radius 3 is 2.64 bits per heavy atom. The Morgan fingerprint density at radius 1 is 1.28 bits per heavy atom. The number of nitrogens with one attached hydrogen (secondary N) is 2. The number of aliphatic hydroxyl groups excluding tert-OH is 1. The Labute approximate surface area is 148 Å². The first kappa shape index (κ1) is 18.7. The second-order valence-corrected chi connectivity index (χ2v) is 5.90. The third kappa shape index (κ3) is 5.17. The Bertz CT molecular complexity index is 726. The number of hydrogen-bond acceptors (Lipinski definition) is 4. The highest BCUT2D eigenvalue weighted by atomic mass is 16.3. The zero-order valence-electron chi connectivity index (χ0n) is 14.5. The lowest BCUT2D eigenvalue weighted by molar-refractivity contribution is -0.116. The van der Waals surface area contributed by atoms with Crippen molar-refractivity contribution < 1.29 is 9.90 Å². The molecule has 0 saturated carbocycles. The van der Waals surface area contributed by atoms with Gasteiger partial charge in [0.2, 0.25) is 5.91 Å². The molecule has 132 valence electrons. The Balaban J connectivity index is 2.31. The number of benzene rings is 2. The third-order valence-corrected chi connectivity index (χ3v) is 3.96. The van der Waals surface area contributed by atoms with Gasteiger partial charge in [-0.3, -0.25) is 4.79 Å². The quantitative estimate of drug-likeness (QED) is 0.557. The van der Waals surface area contributed by atoms with Crippen molar-refractivity contribution in [2.75, 3.05) is 18.5 Å². The summed E-state index contributed by atoms with van der Waals surface area (Å²) in [5, 5.41) is 15.5. The van der Waals surface area contributed by atoms with E-state index in [-0.39, 0.29) is 19.1 Å². The smallest absolute Gasteiger partial charge is 0.243 e. The fraction of sp³-hybridized carbons (Fsp3) is 0.250. The summed E-state index contributed by atoms with van der Waals surface area (Å²) in [4.78, 5) is 11.4. The molecule has 0 fully saturated rings. The lowest BCUT2D eigenvalue weighted by Gasteiger charge is -2.21. The molecule has 0 aliphatic heterocycles. The Kier molecular flexibility index (Phi) is 6.74. The van der Waals surface area contributed by atoms with Gasteiger partial charge in [-0.25, -0.2) is 0 Å². The monoisotopic (exact) mass is 339 g/mol. The molecule has 25 heavy (non-hydrogen) atoms. The van der Waals surface area contributed by atoms with Crippen LogP contribution in [0.5, 0.6) is 0 Å². The first-order chi connectivity index (χ1) is 12.0. The van der Waals surface area contributed by atoms with E-state index in [1.807, 2.05) is 49.4 Å². The zero-order chi connectivity index (χ0) is 18.2. The van der Waals surface area contributed by atoms with Crippen LogP contribution in [-0.4, -0.2) is 24.2 Å². The van der Waals surface area contributed by atoms with Gasteiger partial charge in [-0.05, 0) is 48.7 Å². The molecule has 1 unspecified atom stereocenters. The minimum atomic E-state index is -0.403. The molecule has 2 aromatic carbocycles. The molecule has 0 radical (unpaired) electrons. The molecule has 5 nitrogen and oxygen atoms in total. The summed E-state index contributed by atoms with van der Waals surface area (Å²) in [6.07, 6.45) is 1.72. The predicted molar refractivity (Wildman–Crippen MR) is 102 cm³/mol. The molecular weight excluding hydrogens is 314 g/mol. The summed E-state index contributed by atoms with van der Waals surface area (Å²) in [5.74, 6) is -0.261. The van der Waals surface area contributed by atoms with E-state index >= 15 is 0 Å². The number of aliphatic hydroxyl groups is 1. The first-order valence-corrected chi connectivity index (χ1v) is 8.27. The number of nitrogens with two attached hydrogens (primary N) is 1. The molecular formula is C20H25N3O2. The average molecular weight is 339 g/mol. The number of carbonyl (C=O) groups is 1. The largest absolute Gasteiger partial charge is 0.396 e. The third-order valence-electron chi connectivity index (χ3n) is 3.96. The fourth-order valence-electron chi connectivity index (χ4n) is 2.68. The van der Waals surface area contributed by atoms with Gasteiger partial charge in [-0.1, -0.05) is 36.4 Å². The fourth-order valence-corrected chi connectivity index (χ4v) is 2.68. The molecule has 1 amide bonds. The van der Waals surface area contributed by atoms with Gasteiger partial charge in [0, 0.05) is 30.6 Å². The van der Waals surface area contributed by atoms with E-state index in [4.69, 9.17) is 5.73 Å². The van der Waals surface area contributed by atoms with Crippen molar-refractivity contribution in [3.63, 3.8) is 0 Å². The van der Waals surface area contributed by atoms with Gasteiger partial charge in [-0.15, -0.1) is 0 Å².